The van der Waals surface area contributed by atoms with Crippen LogP contribution in [0.1, 0.15) is 22.8 Å². The molecule has 0 atom stereocenters. The van der Waals surface area contributed by atoms with Crippen molar-refractivity contribution < 1.29 is 19.4 Å². The largest absolute Gasteiger partial charge is 0.507 e. The summed E-state index contributed by atoms with van der Waals surface area (Å²) in [5.41, 5.74) is 1.56. The molecule has 0 aliphatic heterocycles. The van der Waals surface area contributed by atoms with Gasteiger partial charge < -0.3 is 14.6 Å². The molecule has 4 nitrogen and oxygen atoms in total. The Balaban J connectivity index is 0.000000218. The molecule has 0 aliphatic carbocycles. The Morgan fingerprint density at radius 1 is 0.829 bits per heavy atom. The second kappa shape index (κ2) is 11.5. The van der Waals surface area contributed by atoms with Crippen molar-refractivity contribution in [1.82, 2.24) is 0 Å². The van der Waals surface area contributed by atoms with Gasteiger partial charge in [0.05, 0.1) is 12.2 Å². The number of phenolic OH excluding ortho intramolecular Hbond substituents is 1. The minimum Gasteiger partial charge on any atom is -0.507 e. The van der Waals surface area contributed by atoms with Gasteiger partial charge in [-0.05, 0) is 47.5 Å². The monoisotopic (exact) mass is 528 g/mol. The molecule has 0 heterocycles. The van der Waals surface area contributed by atoms with E-state index in [0.717, 1.165) is 31.6 Å². The lowest BCUT2D eigenvalue weighted by atomic mass is 10.1. The molecule has 0 spiro atoms. The van der Waals surface area contributed by atoms with E-state index in [-0.39, 0.29) is 5.97 Å². The molecule has 1 N–H and O–H groups in total. The molecule has 0 amide bonds. The Labute approximate surface area is 212 Å². The highest BCUT2D eigenvalue weighted by Gasteiger charge is 2.14. The molecule has 0 aliphatic rings. The van der Waals surface area contributed by atoms with E-state index in [0.29, 0.717) is 30.3 Å². The minimum absolute atomic E-state index is 0.343. The number of carbonyl (C=O) groups excluding carboxylic acids is 1. The highest BCUT2D eigenvalue weighted by Crippen LogP contribution is 2.34. The summed E-state index contributed by atoms with van der Waals surface area (Å²) in [6.45, 7) is 2.57. The van der Waals surface area contributed by atoms with Crippen LogP contribution in [-0.4, -0.2) is 17.7 Å². The molecular formula is C30H25BrO4. The summed E-state index contributed by atoms with van der Waals surface area (Å²) in [4.78, 5) is 12.1. The van der Waals surface area contributed by atoms with Gasteiger partial charge in [0.15, 0.2) is 0 Å². The van der Waals surface area contributed by atoms with Crippen LogP contribution in [0, 0.1) is 0 Å². The molecule has 0 saturated heterocycles. The first-order chi connectivity index (χ1) is 17.1. The van der Waals surface area contributed by atoms with E-state index in [9.17, 15) is 9.90 Å². The number of aromatic hydroxyl groups is 1. The van der Waals surface area contributed by atoms with Gasteiger partial charge in [-0.3, -0.25) is 0 Å². The van der Waals surface area contributed by atoms with Gasteiger partial charge in [0.2, 0.25) is 0 Å². The number of esters is 1. The highest BCUT2D eigenvalue weighted by atomic mass is 79.9. The van der Waals surface area contributed by atoms with Gasteiger partial charge in [-0.25, -0.2) is 4.79 Å². The summed E-state index contributed by atoms with van der Waals surface area (Å²) in [7, 11) is 0. The number of hydrogen-bond donors (Lipinski definition) is 1. The van der Waals surface area contributed by atoms with Crippen LogP contribution in [0.2, 0.25) is 0 Å². The van der Waals surface area contributed by atoms with Gasteiger partial charge in [0, 0.05) is 15.2 Å². The van der Waals surface area contributed by atoms with E-state index in [2.05, 4.69) is 15.9 Å². The van der Waals surface area contributed by atoms with Crippen LogP contribution in [0.4, 0.5) is 0 Å². The predicted molar refractivity (Wildman–Crippen MR) is 144 cm³/mol. The van der Waals surface area contributed by atoms with E-state index in [1.807, 2.05) is 91.0 Å². The van der Waals surface area contributed by atoms with Gasteiger partial charge in [-0.1, -0.05) is 94.8 Å². The van der Waals surface area contributed by atoms with E-state index in [1.165, 1.54) is 0 Å². The van der Waals surface area contributed by atoms with Gasteiger partial charge in [-0.2, -0.15) is 0 Å². The molecular weight excluding hydrogens is 504 g/mol. The summed E-state index contributed by atoms with van der Waals surface area (Å²) >= 11 is 3.57. The van der Waals surface area contributed by atoms with Crippen LogP contribution in [0.3, 0.4) is 0 Å². The van der Waals surface area contributed by atoms with Crippen molar-refractivity contribution in [3.63, 3.8) is 0 Å². The van der Waals surface area contributed by atoms with Crippen molar-refractivity contribution in [2.75, 3.05) is 6.61 Å². The van der Waals surface area contributed by atoms with E-state index >= 15 is 0 Å². The normalized spacial score (nSPS) is 10.5. The third kappa shape index (κ3) is 6.00. The number of carbonyl (C=O) groups is 1. The summed E-state index contributed by atoms with van der Waals surface area (Å²) in [6.07, 6.45) is 0. The fourth-order valence-corrected chi connectivity index (χ4v) is 4.31. The van der Waals surface area contributed by atoms with Crippen LogP contribution in [0.5, 0.6) is 11.5 Å². The SMILES string of the molecule is CCOC(=O)c1cc(OCc2ccccc2)c2c(Br)cccc2c1.Oc1cccc2ccccc12. The summed E-state index contributed by atoms with van der Waals surface area (Å²) in [6, 6.07) is 32.6. The van der Waals surface area contributed by atoms with E-state index in [1.54, 1.807) is 19.1 Å². The Morgan fingerprint density at radius 3 is 2.29 bits per heavy atom. The average molecular weight is 529 g/mol. The Bertz CT molecular complexity index is 1440. The number of rotatable bonds is 5. The second-order valence-electron chi connectivity index (χ2n) is 7.81. The predicted octanol–water partition coefficient (Wildman–Crippen LogP) is 7.90. The maximum absolute atomic E-state index is 12.1. The molecule has 0 fully saturated rings. The number of fused-ring (bicyclic) bond motifs is 2. The molecule has 35 heavy (non-hydrogen) atoms. The van der Waals surface area contributed by atoms with Crippen LogP contribution in [-0.2, 0) is 11.3 Å². The quantitative estimate of drug-likeness (QED) is 0.235. The number of hydrogen-bond acceptors (Lipinski definition) is 4. The van der Waals surface area contributed by atoms with Gasteiger partial charge >= 0.3 is 5.97 Å². The first kappa shape index (κ1) is 24.3. The molecule has 0 bridgehead atoms. The highest BCUT2D eigenvalue weighted by molar-refractivity contribution is 9.10. The van der Waals surface area contributed by atoms with Crippen molar-refractivity contribution in [3.05, 3.63) is 119 Å². The number of halogens is 1. The summed E-state index contributed by atoms with van der Waals surface area (Å²) in [5, 5.41) is 13.2. The molecule has 5 heteroatoms. The first-order valence-electron chi connectivity index (χ1n) is 11.3. The topological polar surface area (TPSA) is 55.8 Å². The molecule has 176 valence electrons. The first-order valence-corrected chi connectivity index (χ1v) is 12.1. The number of benzene rings is 5. The maximum Gasteiger partial charge on any atom is 0.338 e. The molecule has 5 aromatic rings. The Hall–Kier alpha value is -3.83. The number of phenols is 1. The van der Waals surface area contributed by atoms with Crippen molar-refractivity contribution in [2.45, 2.75) is 13.5 Å². The van der Waals surface area contributed by atoms with E-state index < -0.39 is 0 Å². The standard InChI is InChI=1S/C20H17BrO3.C10H8O/c1-2-23-20(22)16-11-15-9-6-10-17(21)19(15)18(12-16)24-13-14-7-4-3-5-8-14;11-10-7-3-5-8-4-1-2-6-9(8)10/h3-12H,2,13H2,1H3;1-7,11H. The van der Waals surface area contributed by atoms with Crippen molar-refractivity contribution in [3.8, 4) is 11.5 Å². The maximum atomic E-state index is 12.1. The second-order valence-corrected chi connectivity index (χ2v) is 8.66. The Morgan fingerprint density at radius 2 is 1.51 bits per heavy atom. The smallest absolute Gasteiger partial charge is 0.338 e. The van der Waals surface area contributed by atoms with Crippen LogP contribution in [0.25, 0.3) is 21.5 Å². The minimum atomic E-state index is -0.344. The lowest BCUT2D eigenvalue weighted by Gasteiger charge is -2.13. The van der Waals surface area contributed by atoms with Gasteiger partial charge in [0.25, 0.3) is 0 Å². The zero-order valence-electron chi connectivity index (χ0n) is 19.3. The molecule has 0 saturated carbocycles. The molecule has 5 aromatic carbocycles. The zero-order valence-corrected chi connectivity index (χ0v) is 20.9. The number of ether oxygens (including phenoxy) is 2. The third-order valence-corrected chi connectivity index (χ3v) is 6.07. The van der Waals surface area contributed by atoms with Crippen LogP contribution < -0.4 is 4.74 Å². The lowest BCUT2D eigenvalue weighted by Crippen LogP contribution is -2.05. The van der Waals surface area contributed by atoms with Crippen molar-refractivity contribution >= 4 is 43.4 Å². The fourth-order valence-electron chi connectivity index (χ4n) is 3.73. The average Bonchev–Trinajstić information content (AvgIpc) is 2.89. The van der Waals surface area contributed by atoms with Crippen molar-refractivity contribution in [1.29, 1.82) is 0 Å². The lowest BCUT2D eigenvalue weighted by molar-refractivity contribution is 0.0526. The van der Waals surface area contributed by atoms with Gasteiger partial charge in [-0.15, -0.1) is 0 Å². The zero-order chi connectivity index (χ0) is 24.6. The summed E-state index contributed by atoms with van der Waals surface area (Å²) < 4.78 is 12.1. The molecule has 0 radical (unpaired) electrons. The third-order valence-electron chi connectivity index (χ3n) is 5.40. The van der Waals surface area contributed by atoms with Gasteiger partial charge in [0.1, 0.15) is 18.1 Å². The van der Waals surface area contributed by atoms with Crippen LogP contribution >= 0.6 is 15.9 Å². The van der Waals surface area contributed by atoms with E-state index in [4.69, 9.17) is 9.47 Å². The fraction of sp³-hybridized carbons (Fsp3) is 0.100. The Kier molecular flexibility index (Phi) is 8.01. The van der Waals surface area contributed by atoms with Crippen LogP contribution in [0.15, 0.2) is 108 Å². The molecule has 0 unspecified atom stereocenters. The molecule has 5 rings (SSSR count). The van der Waals surface area contributed by atoms with Crippen molar-refractivity contribution in [2.24, 2.45) is 0 Å². The molecule has 0 aromatic heterocycles. The summed E-state index contributed by atoms with van der Waals surface area (Å²) in [5.74, 6) is 0.666.